The van der Waals surface area contributed by atoms with Crippen LogP contribution in [0.4, 0.5) is 4.79 Å². The number of hydrogen-bond acceptors (Lipinski definition) is 6. The number of nitrogens with one attached hydrogen (secondary N) is 1. The number of aromatic amines is 1. The summed E-state index contributed by atoms with van der Waals surface area (Å²) in [6.45, 7) is 11.5. The van der Waals surface area contributed by atoms with Crippen molar-refractivity contribution in [1.82, 2.24) is 9.88 Å². The number of aliphatic hydroxyl groups is 1. The lowest BCUT2D eigenvalue weighted by Gasteiger charge is -2.66. The summed E-state index contributed by atoms with van der Waals surface area (Å²) in [5.41, 5.74) is 1.40. The zero-order chi connectivity index (χ0) is 34.4. The number of allylic oxidation sites excluding steroid dienone is 1. The third-order valence-electron chi connectivity index (χ3n) is 13.8. The van der Waals surface area contributed by atoms with E-state index in [0.717, 1.165) is 43.2 Å². The van der Waals surface area contributed by atoms with Gasteiger partial charge < -0.3 is 29.2 Å². The lowest BCUT2D eigenvalue weighted by molar-refractivity contribution is -0.272. The molecule has 2 saturated heterocycles. The van der Waals surface area contributed by atoms with Crippen LogP contribution in [0.2, 0.25) is 0 Å². The van der Waals surface area contributed by atoms with Gasteiger partial charge in [-0.3, -0.25) is 4.79 Å². The Balaban J connectivity index is 1.16. The number of H-pyrrole nitrogens is 1. The van der Waals surface area contributed by atoms with E-state index < -0.39 is 40.0 Å². The van der Waals surface area contributed by atoms with Gasteiger partial charge in [0.25, 0.3) is 0 Å². The van der Waals surface area contributed by atoms with Crippen molar-refractivity contribution in [2.45, 2.75) is 114 Å². The largest absolute Gasteiger partial charge is 0.443 e. The average molecular weight is 667 g/mol. The second kappa shape index (κ2) is 11.3. The summed E-state index contributed by atoms with van der Waals surface area (Å²) in [6, 6.07) is 18.9. The Morgan fingerprint density at radius 1 is 1.04 bits per heavy atom. The van der Waals surface area contributed by atoms with Crippen molar-refractivity contribution in [2.75, 3.05) is 13.1 Å². The number of likely N-dealkylation sites (tertiary alicyclic amines) is 1. The number of rotatable bonds is 4. The number of fused-ring (bicyclic) bond motifs is 7. The summed E-state index contributed by atoms with van der Waals surface area (Å²) < 4.78 is 19.9. The molecule has 2 saturated carbocycles. The predicted octanol–water partition coefficient (Wildman–Crippen LogP) is 7.03. The second-order valence-electron chi connectivity index (χ2n) is 16.4. The minimum atomic E-state index is -1.75. The fraction of sp³-hybridized carbons (Fsp3) is 0.561. The second-order valence-corrected chi connectivity index (χ2v) is 16.4. The smallest absolute Gasteiger partial charge is 0.410 e. The minimum Gasteiger partial charge on any atom is -0.443 e. The number of para-hydroxylation sites is 1. The first-order chi connectivity index (χ1) is 23.4. The third-order valence-corrected chi connectivity index (χ3v) is 13.8. The van der Waals surface area contributed by atoms with Gasteiger partial charge in [-0.2, -0.15) is 0 Å². The molecule has 49 heavy (non-hydrogen) atoms. The van der Waals surface area contributed by atoms with Crippen LogP contribution in [0.25, 0.3) is 10.9 Å². The van der Waals surface area contributed by atoms with E-state index in [1.807, 2.05) is 32.9 Å². The number of piperidine rings is 1. The van der Waals surface area contributed by atoms with Gasteiger partial charge in [0.1, 0.15) is 18.0 Å². The minimum absolute atomic E-state index is 0.102. The molecule has 2 N–H and O–H groups in total. The molecule has 0 bridgehead atoms. The van der Waals surface area contributed by atoms with E-state index in [-0.39, 0.29) is 12.0 Å². The first-order valence-electron chi connectivity index (χ1n) is 18.2. The van der Waals surface area contributed by atoms with Gasteiger partial charge in [-0.25, -0.2) is 4.79 Å². The van der Waals surface area contributed by atoms with Gasteiger partial charge in [0.05, 0.1) is 11.7 Å². The molecule has 1 spiro atoms. The normalized spacial score (nSPS) is 37.6. The molecule has 3 heterocycles. The zero-order valence-corrected chi connectivity index (χ0v) is 29.5. The summed E-state index contributed by atoms with van der Waals surface area (Å²) in [5, 5.41) is 14.8. The number of nitrogens with zero attached hydrogens (tertiary/aromatic N) is 1. The van der Waals surface area contributed by atoms with Crippen molar-refractivity contribution in [2.24, 2.45) is 17.3 Å². The molecule has 260 valence electrons. The van der Waals surface area contributed by atoms with Crippen molar-refractivity contribution in [3.05, 3.63) is 83.1 Å². The van der Waals surface area contributed by atoms with E-state index in [2.05, 4.69) is 61.3 Å². The monoisotopic (exact) mass is 666 g/mol. The summed E-state index contributed by atoms with van der Waals surface area (Å²) >= 11 is 0. The SMILES string of the molecule is CC1O[C@@]2(CC[C@]3(C)[C@@]4(C)c5[nH]c6ccccc6c5C[C@@H]4C[C@H](OC(=O)N4CCC(Cc5ccccc5)CC4)[C@@]3(O)/C2=C/C=O)OC1(C)C. The number of hydrogen-bond donors (Lipinski definition) is 2. The lowest BCUT2D eigenvalue weighted by atomic mass is 9.41. The molecule has 5 aliphatic rings. The topological polar surface area (TPSA) is 101 Å². The summed E-state index contributed by atoms with van der Waals surface area (Å²) in [5.74, 6) is -0.715. The standard InChI is InChI=1S/C41H50N2O6/c1-26-37(2,3)49-40(48-26)19-18-38(4)39(5)29(24-31-30-13-9-10-14-32(30)42-35(31)39)25-34(41(38,46)33(40)17-22-44)47-36(45)43-20-15-28(16-21-43)23-27-11-7-6-8-12-27/h6-14,17,22,26,28-29,34,42,46H,15-16,18-21,23-25H2,1-5H3/b33-17+/t26?,29-,34+,38-,39-,40+,41+/m1/s1. The van der Waals surface area contributed by atoms with Gasteiger partial charge in [0.2, 0.25) is 0 Å². The van der Waals surface area contributed by atoms with Crippen molar-refractivity contribution in [3.8, 4) is 0 Å². The maximum atomic E-state index is 14.1. The molecule has 1 amide bonds. The maximum Gasteiger partial charge on any atom is 0.410 e. The van der Waals surface area contributed by atoms with Gasteiger partial charge in [0.15, 0.2) is 5.79 Å². The highest BCUT2D eigenvalue weighted by Gasteiger charge is 2.77. The van der Waals surface area contributed by atoms with Crippen LogP contribution in [0.1, 0.15) is 83.5 Å². The van der Waals surface area contributed by atoms with Crippen molar-refractivity contribution in [3.63, 3.8) is 0 Å². The predicted molar refractivity (Wildman–Crippen MR) is 187 cm³/mol. The summed E-state index contributed by atoms with van der Waals surface area (Å²) in [7, 11) is 0. The number of benzene rings is 2. The number of aromatic nitrogens is 1. The highest BCUT2D eigenvalue weighted by atomic mass is 16.8. The first kappa shape index (κ1) is 32.7. The van der Waals surface area contributed by atoms with Crippen molar-refractivity contribution < 1.29 is 28.9 Å². The zero-order valence-electron chi connectivity index (χ0n) is 29.5. The molecule has 8 rings (SSSR count). The molecule has 8 nitrogen and oxygen atoms in total. The fourth-order valence-electron chi connectivity index (χ4n) is 10.6. The Hall–Kier alpha value is -3.46. The number of aldehydes is 1. The Morgan fingerprint density at radius 2 is 1.76 bits per heavy atom. The molecule has 0 radical (unpaired) electrons. The van der Waals surface area contributed by atoms with E-state index in [0.29, 0.717) is 43.8 Å². The molecule has 1 aromatic heterocycles. The van der Waals surface area contributed by atoms with Gasteiger partial charge in [-0.05, 0) is 94.4 Å². The van der Waals surface area contributed by atoms with E-state index in [1.165, 1.54) is 22.6 Å². The van der Waals surface area contributed by atoms with Gasteiger partial charge in [-0.15, -0.1) is 0 Å². The summed E-state index contributed by atoms with van der Waals surface area (Å²) in [6.07, 6.45) is 5.62. The molecule has 7 atom stereocenters. The van der Waals surface area contributed by atoms with E-state index in [1.54, 1.807) is 4.90 Å². The van der Waals surface area contributed by atoms with Crippen LogP contribution in [-0.4, -0.2) is 69.7 Å². The van der Waals surface area contributed by atoms with Crippen molar-refractivity contribution in [1.29, 1.82) is 0 Å². The van der Waals surface area contributed by atoms with Crippen LogP contribution < -0.4 is 0 Å². The quantitative estimate of drug-likeness (QED) is 0.229. The van der Waals surface area contributed by atoms with Crippen LogP contribution in [0.3, 0.4) is 0 Å². The third kappa shape index (κ3) is 4.59. The number of carbonyl (C=O) groups excluding carboxylic acids is 2. The molecular weight excluding hydrogens is 616 g/mol. The Kier molecular flexibility index (Phi) is 7.53. The molecule has 8 heteroatoms. The molecule has 2 aromatic carbocycles. The van der Waals surface area contributed by atoms with Crippen molar-refractivity contribution >= 4 is 23.3 Å². The highest BCUT2D eigenvalue weighted by molar-refractivity contribution is 5.86. The molecule has 3 aliphatic carbocycles. The average Bonchev–Trinajstić information content (AvgIpc) is 3.67. The van der Waals surface area contributed by atoms with Gasteiger partial charge >= 0.3 is 6.09 Å². The first-order valence-corrected chi connectivity index (χ1v) is 18.2. The molecule has 1 unspecified atom stereocenters. The van der Waals surface area contributed by atoms with Gasteiger partial charge in [0, 0.05) is 52.5 Å². The molecular formula is C41H50N2O6. The van der Waals surface area contributed by atoms with Gasteiger partial charge in [-0.1, -0.05) is 62.4 Å². The van der Waals surface area contributed by atoms with E-state index in [4.69, 9.17) is 14.2 Å². The Morgan fingerprint density at radius 3 is 2.45 bits per heavy atom. The van der Waals surface area contributed by atoms with E-state index in [9.17, 15) is 14.7 Å². The number of amides is 1. The maximum absolute atomic E-state index is 14.1. The number of carbonyl (C=O) groups is 2. The summed E-state index contributed by atoms with van der Waals surface area (Å²) in [4.78, 5) is 32.2. The number of ether oxygens (including phenoxy) is 3. The Labute approximate surface area is 289 Å². The molecule has 3 aromatic rings. The molecule has 2 aliphatic heterocycles. The lowest BCUT2D eigenvalue weighted by Crippen LogP contribution is -2.74. The van der Waals surface area contributed by atoms with Crippen LogP contribution in [0.15, 0.2) is 66.2 Å². The van der Waals surface area contributed by atoms with Crippen LogP contribution >= 0.6 is 0 Å². The Bertz CT molecular complexity index is 1810. The van der Waals surface area contributed by atoms with Crippen LogP contribution in [0.5, 0.6) is 0 Å². The van der Waals surface area contributed by atoms with Crippen LogP contribution in [0, 0.1) is 17.3 Å². The highest BCUT2D eigenvalue weighted by Crippen LogP contribution is 2.71. The van der Waals surface area contributed by atoms with E-state index >= 15 is 0 Å². The molecule has 4 fully saturated rings. The van der Waals surface area contributed by atoms with Crippen LogP contribution in [-0.2, 0) is 37.3 Å². The fourth-order valence-corrected chi connectivity index (χ4v) is 10.6.